The van der Waals surface area contributed by atoms with Gasteiger partial charge < -0.3 is 4.90 Å². The molecule has 2 aromatic rings. The van der Waals surface area contributed by atoms with Crippen molar-refractivity contribution in [3.8, 4) is 0 Å². The smallest absolute Gasteiger partial charge is 0.133 e. The van der Waals surface area contributed by atoms with Crippen LogP contribution in [-0.2, 0) is 0 Å². The van der Waals surface area contributed by atoms with E-state index in [2.05, 4.69) is 31.1 Å². The summed E-state index contributed by atoms with van der Waals surface area (Å²) in [6, 6.07) is 2.45. The van der Waals surface area contributed by atoms with Crippen LogP contribution in [0.2, 0.25) is 0 Å². The minimum atomic E-state index is 0.387. The van der Waals surface area contributed by atoms with Gasteiger partial charge in [0.2, 0.25) is 0 Å². The molecule has 0 spiro atoms. The highest BCUT2D eigenvalue weighted by Gasteiger charge is 2.28. The van der Waals surface area contributed by atoms with Crippen LogP contribution in [0, 0.1) is 13.8 Å². The number of nitrogens with one attached hydrogen (secondary N) is 1. The maximum atomic E-state index is 4.56. The number of nitrogens with zero attached hydrogens (tertiary/aromatic N) is 4. The van der Waals surface area contributed by atoms with Crippen LogP contribution in [0.1, 0.15) is 36.0 Å². The van der Waals surface area contributed by atoms with Gasteiger partial charge in [-0.2, -0.15) is 5.10 Å². The molecule has 1 atom stereocenters. The van der Waals surface area contributed by atoms with Crippen molar-refractivity contribution in [1.82, 2.24) is 20.2 Å². The van der Waals surface area contributed by atoms with E-state index in [1.165, 1.54) is 12.0 Å². The lowest BCUT2D eigenvalue weighted by Crippen LogP contribution is -2.23. The molecule has 94 valence electrons. The number of aromatic nitrogens is 4. The van der Waals surface area contributed by atoms with E-state index >= 15 is 0 Å². The van der Waals surface area contributed by atoms with Gasteiger partial charge in [-0.25, -0.2) is 9.97 Å². The first kappa shape index (κ1) is 11.2. The fraction of sp³-hybridized carbons (Fsp3) is 0.462. The summed E-state index contributed by atoms with van der Waals surface area (Å²) in [5, 5.41) is 6.94. The van der Waals surface area contributed by atoms with Crippen LogP contribution in [0.25, 0.3) is 0 Å². The number of hydrogen-bond acceptors (Lipinski definition) is 4. The fourth-order valence-corrected chi connectivity index (χ4v) is 2.68. The Hall–Kier alpha value is -1.91. The maximum Gasteiger partial charge on any atom is 0.133 e. The molecular weight excluding hydrogens is 226 g/mol. The Kier molecular flexibility index (Phi) is 2.74. The van der Waals surface area contributed by atoms with Gasteiger partial charge in [-0.05, 0) is 26.7 Å². The Morgan fingerprint density at radius 1 is 1.33 bits per heavy atom. The second kappa shape index (κ2) is 4.40. The lowest BCUT2D eigenvalue weighted by molar-refractivity contribution is 0.708. The van der Waals surface area contributed by atoms with Crippen molar-refractivity contribution in [2.24, 2.45) is 0 Å². The van der Waals surface area contributed by atoms with E-state index in [1.54, 1.807) is 0 Å². The number of anilines is 1. The normalized spacial score (nSPS) is 19.4. The molecule has 0 unspecified atom stereocenters. The summed E-state index contributed by atoms with van der Waals surface area (Å²) >= 11 is 0. The van der Waals surface area contributed by atoms with Crippen molar-refractivity contribution in [3.63, 3.8) is 0 Å². The molecule has 18 heavy (non-hydrogen) atoms. The second-order valence-electron chi connectivity index (χ2n) is 4.80. The highest BCUT2D eigenvalue weighted by Crippen LogP contribution is 2.34. The predicted molar refractivity (Wildman–Crippen MR) is 69.4 cm³/mol. The van der Waals surface area contributed by atoms with Crippen molar-refractivity contribution in [1.29, 1.82) is 0 Å². The molecule has 0 aromatic carbocycles. The summed E-state index contributed by atoms with van der Waals surface area (Å²) in [6.07, 6.45) is 6.23. The summed E-state index contributed by atoms with van der Waals surface area (Å²) in [5.74, 6) is 1.87. The largest absolute Gasteiger partial charge is 0.349 e. The highest BCUT2D eigenvalue weighted by atomic mass is 15.2. The van der Waals surface area contributed by atoms with Crippen molar-refractivity contribution < 1.29 is 0 Å². The van der Waals surface area contributed by atoms with Gasteiger partial charge in [-0.3, -0.25) is 5.10 Å². The lowest BCUT2D eigenvalue weighted by atomic mass is 10.1. The molecule has 3 rings (SSSR count). The summed E-state index contributed by atoms with van der Waals surface area (Å²) in [5.41, 5.74) is 2.26. The molecule has 0 radical (unpaired) electrons. The number of hydrogen-bond donors (Lipinski definition) is 1. The van der Waals surface area contributed by atoms with Gasteiger partial charge >= 0.3 is 0 Å². The molecule has 5 nitrogen and oxygen atoms in total. The highest BCUT2D eigenvalue weighted by molar-refractivity contribution is 5.44. The summed E-state index contributed by atoms with van der Waals surface area (Å²) in [6.45, 7) is 5.01. The first-order valence-electron chi connectivity index (χ1n) is 6.31. The van der Waals surface area contributed by atoms with E-state index < -0.39 is 0 Å². The number of rotatable bonds is 2. The zero-order chi connectivity index (χ0) is 12.5. The molecule has 1 aliphatic heterocycles. The SMILES string of the molecule is Cc1cc(N2CCC[C@H]2c2cn[nH]c2)nc(C)n1. The number of H-pyrrole nitrogens is 1. The van der Waals surface area contributed by atoms with Crippen molar-refractivity contribution >= 4 is 5.82 Å². The fourth-order valence-electron chi connectivity index (χ4n) is 2.68. The van der Waals surface area contributed by atoms with E-state index in [0.29, 0.717) is 6.04 Å². The van der Waals surface area contributed by atoms with Crippen LogP contribution in [-0.4, -0.2) is 26.7 Å². The van der Waals surface area contributed by atoms with Gasteiger partial charge in [-0.15, -0.1) is 0 Å². The Morgan fingerprint density at radius 2 is 2.22 bits per heavy atom. The molecule has 0 saturated carbocycles. The average Bonchev–Trinajstić information content (AvgIpc) is 2.98. The standard InChI is InChI=1S/C13H17N5/c1-9-6-13(17-10(2)16-9)18-5-3-4-12(18)11-7-14-15-8-11/h6-8,12H,3-5H2,1-2H3,(H,14,15)/t12-/m0/s1. The molecule has 0 aliphatic carbocycles. The quantitative estimate of drug-likeness (QED) is 0.878. The molecule has 1 saturated heterocycles. The number of aryl methyl sites for hydroxylation is 2. The first-order valence-corrected chi connectivity index (χ1v) is 6.31. The predicted octanol–water partition coefficient (Wildman–Crippen LogP) is 2.16. The lowest BCUT2D eigenvalue weighted by Gasteiger charge is -2.25. The third kappa shape index (κ3) is 1.96. The van der Waals surface area contributed by atoms with E-state index in [9.17, 15) is 0 Å². The van der Waals surface area contributed by atoms with Gasteiger partial charge in [-0.1, -0.05) is 0 Å². The van der Waals surface area contributed by atoms with Crippen molar-refractivity contribution in [2.45, 2.75) is 32.7 Å². The molecule has 1 aliphatic rings. The van der Waals surface area contributed by atoms with E-state index in [-0.39, 0.29) is 0 Å². The summed E-state index contributed by atoms with van der Waals surface area (Å²) < 4.78 is 0. The minimum Gasteiger partial charge on any atom is -0.349 e. The third-order valence-corrected chi connectivity index (χ3v) is 3.40. The molecule has 5 heteroatoms. The Balaban J connectivity index is 1.95. The van der Waals surface area contributed by atoms with Gasteiger partial charge in [0.1, 0.15) is 11.6 Å². The zero-order valence-electron chi connectivity index (χ0n) is 10.7. The molecular formula is C13H17N5. The molecule has 2 aromatic heterocycles. The minimum absolute atomic E-state index is 0.387. The second-order valence-corrected chi connectivity index (χ2v) is 4.80. The maximum absolute atomic E-state index is 4.56. The van der Waals surface area contributed by atoms with Gasteiger partial charge in [0.15, 0.2) is 0 Å². The van der Waals surface area contributed by atoms with Crippen LogP contribution in [0.3, 0.4) is 0 Å². The van der Waals surface area contributed by atoms with Crippen LogP contribution in [0.5, 0.6) is 0 Å². The average molecular weight is 243 g/mol. The topological polar surface area (TPSA) is 57.7 Å². The van der Waals surface area contributed by atoms with Crippen LogP contribution in [0.15, 0.2) is 18.5 Å². The van der Waals surface area contributed by atoms with Crippen LogP contribution >= 0.6 is 0 Å². The van der Waals surface area contributed by atoms with E-state index in [1.807, 2.05) is 26.2 Å². The molecule has 0 bridgehead atoms. The Labute approximate surface area is 106 Å². The van der Waals surface area contributed by atoms with Gasteiger partial charge in [0.25, 0.3) is 0 Å². The summed E-state index contributed by atoms with van der Waals surface area (Å²) in [4.78, 5) is 11.3. The monoisotopic (exact) mass is 243 g/mol. The molecule has 1 fully saturated rings. The van der Waals surface area contributed by atoms with Gasteiger partial charge in [0.05, 0.1) is 12.2 Å². The molecule has 3 heterocycles. The van der Waals surface area contributed by atoms with E-state index in [4.69, 9.17) is 0 Å². The van der Waals surface area contributed by atoms with Crippen LogP contribution < -0.4 is 4.90 Å². The Bertz CT molecular complexity index is 514. The van der Waals surface area contributed by atoms with Gasteiger partial charge in [0, 0.05) is 30.1 Å². The molecule has 0 amide bonds. The Morgan fingerprint density at radius 3 is 2.94 bits per heavy atom. The molecule has 1 N–H and O–H groups in total. The number of aromatic amines is 1. The van der Waals surface area contributed by atoms with Crippen LogP contribution in [0.4, 0.5) is 5.82 Å². The van der Waals surface area contributed by atoms with Crippen molar-refractivity contribution in [2.75, 3.05) is 11.4 Å². The van der Waals surface area contributed by atoms with E-state index in [0.717, 1.165) is 30.3 Å². The summed E-state index contributed by atoms with van der Waals surface area (Å²) in [7, 11) is 0. The van der Waals surface area contributed by atoms with Crippen molar-refractivity contribution in [3.05, 3.63) is 35.5 Å². The third-order valence-electron chi connectivity index (χ3n) is 3.40. The zero-order valence-corrected chi connectivity index (χ0v) is 10.7. The first-order chi connectivity index (χ1) is 8.74.